The van der Waals surface area contributed by atoms with Crippen LogP contribution in [0.15, 0.2) is 0 Å². The van der Waals surface area contributed by atoms with Crippen LogP contribution >= 0.6 is 0 Å². The molecule has 0 aromatic heterocycles. The Balaban J connectivity index is 3.41. The highest BCUT2D eigenvalue weighted by atomic mass is 16.5. The minimum Gasteiger partial charge on any atom is -0.379 e. The summed E-state index contributed by atoms with van der Waals surface area (Å²) < 4.78 is 5.40. The molecule has 4 nitrogen and oxygen atoms in total. The van der Waals surface area contributed by atoms with Crippen LogP contribution in [0.2, 0.25) is 0 Å². The number of hydrogen-bond donors (Lipinski definition) is 2. The van der Waals surface area contributed by atoms with E-state index < -0.39 is 0 Å². The molecular weight excluding hydrogens is 204 g/mol. The standard InChI is InChI=1S/C12H26N2O2/c1-9(2)16-8-6-5-7-14-12(15)10(3)11(4)13/h9-11H,5-8,13H2,1-4H3,(H,14,15). The van der Waals surface area contributed by atoms with Gasteiger partial charge in [-0.05, 0) is 33.6 Å². The molecule has 0 spiro atoms. The molecule has 1 amide bonds. The van der Waals surface area contributed by atoms with Gasteiger partial charge in [-0.25, -0.2) is 0 Å². The third kappa shape index (κ3) is 7.65. The summed E-state index contributed by atoms with van der Waals surface area (Å²) in [6.45, 7) is 9.20. The van der Waals surface area contributed by atoms with E-state index in [-0.39, 0.29) is 24.0 Å². The predicted molar refractivity (Wildman–Crippen MR) is 66.1 cm³/mol. The fourth-order valence-electron chi connectivity index (χ4n) is 1.16. The third-order valence-corrected chi connectivity index (χ3v) is 2.52. The number of unbranched alkanes of at least 4 members (excludes halogenated alkanes) is 1. The summed E-state index contributed by atoms with van der Waals surface area (Å²) >= 11 is 0. The average Bonchev–Trinajstić information content (AvgIpc) is 2.21. The third-order valence-electron chi connectivity index (χ3n) is 2.52. The lowest BCUT2D eigenvalue weighted by Gasteiger charge is -2.15. The summed E-state index contributed by atoms with van der Waals surface area (Å²) in [4.78, 5) is 11.5. The first-order valence-corrected chi connectivity index (χ1v) is 6.10. The Bertz CT molecular complexity index is 193. The molecule has 0 radical (unpaired) electrons. The van der Waals surface area contributed by atoms with Gasteiger partial charge in [0, 0.05) is 25.1 Å². The van der Waals surface area contributed by atoms with Crippen LogP contribution in [0, 0.1) is 5.92 Å². The SMILES string of the molecule is CC(C)OCCCCNC(=O)C(C)C(C)N. The van der Waals surface area contributed by atoms with Crippen molar-refractivity contribution < 1.29 is 9.53 Å². The summed E-state index contributed by atoms with van der Waals surface area (Å²) in [7, 11) is 0. The monoisotopic (exact) mass is 230 g/mol. The second-order valence-electron chi connectivity index (χ2n) is 4.57. The number of ether oxygens (including phenoxy) is 1. The Morgan fingerprint density at radius 1 is 1.25 bits per heavy atom. The molecule has 4 heteroatoms. The molecule has 0 bridgehead atoms. The number of carbonyl (C=O) groups excluding carboxylic acids is 1. The molecule has 0 rings (SSSR count). The van der Waals surface area contributed by atoms with Gasteiger partial charge >= 0.3 is 0 Å². The Kier molecular flexibility index (Phi) is 8.21. The molecule has 0 aromatic carbocycles. The van der Waals surface area contributed by atoms with Crippen LogP contribution in [0.4, 0.5) is 0 Å². The molecule has 96 valence electrons. The molecule has 0 aliphatic carbocycles. The van der Waals surface area contributed by atoms with Crippen LogP contribution < -0.4 is 11.1 Å². The zero-order valence-electron chi connectivity index (χ0n) is 11.0. The van der Waals surface area contributed by atoms with Crippen LogP contribution in [-0.4, -0.2) is 31.2 Å². The maximum atomic E-state index is 11.5. The highest BCUT2D eigenvalue weighted by molar-refractivity contribution is 5.78. The number of amides is 1. The predicted octanol–water partition coefficient (Wildman–Crippen LogP) is 1.29. The van der Waals surface area contributed by atoms with Gasteiger partial charge < -0.3 is 15.8 Å². The van der Waals surface area contributed by atoms with Gasteiger partial charge in [0.05, 0.1) is 6.10 Å². The van der Waals surface area contributed by atoms with Crippen molar-refractivity contribution in [3.05, 3.63) is 0 Å². The summed E-state index contributed by atoms with van der Waals surface area (Å²) in [5.74, 6) is -0.0771. The summed E-state index contributed by atoms with van der Waals surface area (Å²) in [5, 5.41) is 2.88. The summed E-state index contributed by atoms with van der Waals surface area (Å²) in [6, 6.07) is -0.0933. The fraction of sp³-hybridized carbons (Fsp3) is 0.917. The van der Waals surface area contributed by atoms with Crippen molar-refractivity contribution in [2.45, 2.75) is 52.7 Å². The number of rotatable bonds is 8. The summed E-state index contributed by atoms with van der Waals surface area (Å²) in [5.41, 5.74) is 5.64. The zero-order valence-corrected chi connectivity index (χ0v) is 11.0. The van der Waals surface area contributed by atoms with Crippen molar-refractivity contribution in [1.29, 1.82) is 0 Å². The second-order valence-corrected chi connectivity index (χ2v) is 4.57. The van der Waals surface area contributed by atoms with E-state index in [1.165, 1.54) is 0 Å². The fourth-order valence-corrected chi connectivity index (χ4v) is 1.16. The second kappa shape index (κ2) is 8.53. The Hall–Kier alpha value is -0.610. The minimum atomic E-state index is -0.119. The Morgan fingerprint density at radius 3 is 2.38 bits per heavy atom. The van der Waals surface area contributed by atoms with Gasteiger partial charge in [-0.2, -0.15) is 0 Å². The first kappa shape index (κ1) is 15.4. The van der Waals surface area contributed by atoms with Gasteiger partial charge in [0.1, 0.15) is 0 Å². The highest BCUT2D eigenvalue weighted by Gasteiger charge is 2.15. The van der Waals surface area contributed by atoms with Crippen molar-refractivity contribution in [3.8, 4) is 0 Å². The van der Waals surface area contributed by atoms with E-state index in [2.05, 4.69) is 5.32 Å². The van der Waals surface area contributed by atoms with Gasteiger partial charge in [-0.1, -0.05) is 6.92 Å². The van der Waals surface area contributed by atoms with Gasteiger partial charge in [-0.15, -0.1) is 0 Å². The maximum Gasteiger partial charge on any atom is 0.224 e. The molecule has 0 saturated carbocycles. The van der Waals surface area contributed by atoms with Crippen LogP contribution in [0.3, 0.4) is 0 Å². The van der Waals surface area contributed by atoms with E-state index in [0.29, 0.717) is 6.54 Å². The van der Waals surface area contributed by atoms with Crippen LogP contribution in [0.5, 0.6) is 0 Å². The van der Waals surface area contributed by atoms with E-state index in [1.54, 1.807) is 0 Å². The molecule has 2 atom stereocenters. The average molecular weight is 230 g/mol. The molecule has 16 heavy (non-hydrogen) atoms. The van der Waals surface area contributed by atoms with Gasteiger partial charge in [-0.3, -0.25) is 4.79 Å². The maximum absolute atomic E-state index is 11.5. The van der Waals surface area contributed by atoms with Crippen molar-refractivity contribution in [2.24, 2.45) is 11.7 Å². The quantitative estimate of drug-likeness (QED) is 0.618. The normalized spacial score (nSPS) is 14.9. The van der Waals surface area contributed by atoms with E-state index >= 15 is 0 Å². The van der Waals surface area contributed by atoms with Crippen molar-refractivity contribution in [2.75, 3.05) is 13.2 Å². The van der Waals surface area contributed by atoms with Crippen molar-refractivity contribution in [1.82, 2.24) is 5.32 Å². The molecule has 0 aliphatic rings. The van der Waals surface area contributed by atoms with Gasteiger partial charge in [0.15, 0.2) is 0 Å². The largest absolute Gasteiger partial charge is 0.379 e. The molecule has 0 fully saturated rings. The number of hydrogen-bond acceptors (Lipinski definition) is 3. The molecular formula is C12H26N2O2. The zero-order chi connectivity index (χ0) is 12.6. The van der Waals surface area contributed by atoms with Crippen LogP contribution in [0.25, 0.3) is 0 Å². The number of nitrogens with one attached hydrogen (secondary N) is 1. The first-order valence-electron chi connectivity index (χ1n) is 6.10. The molecule has 2 unspecified atom stereocenters. The first-order chi connectivity index (χ1) is 7.45. The number of nitrogens with two attached hydrogens (primary N) is 1. The van der Waals surface area contributed by atoms with E-state index in [4.69, 9.17) is 10.5 Å². The van der Waals surface area contributed by atoms with E-state index in [0.717, 1.165) is 19.4 Å². The van der Waals surface area contributed by atoms with Gasteiger partial charge in [0.25, 0.3) is 0 Å². The highest BCUT2D eigenvalue weighted by Crippen LogP contribution is 1.99. The Morgan fingerprint density at radius 2 is 1.88 bits per heavy atom. The molecule has 3 N–H and O–H groups in total. The van der Waals surface area contributed by atoms with Crippen molar-refractivity contribution in [3.63, 3.8) is 0 Å². The molecule has 0 saturated heterocycles. The smallest absolute Gasteiger partial charge is 0.224 e. The molecule has 0 heterocycles. The van der Waals surface area contributed by atoms with E-state index in [9.17, 15) is 4.79 Å². The Labute approximate surface area is 98.9 Å². The lowest BCUT2D eigenvalue weighted by molar-refractivity contribution is -0.124. The van der Waals surface area contributed by atoms with E-state index in [1.807, 2.05) is 27.7 Å². The lowest BCUT2D eigenvalue weighted by atomic mass is 10.0. The number of carbonyl (C=O) groups is 1. The lowest BCUT2D eigenvalue weighted by Crippen LogP contribution is -2.38. The topological polar surface area (TPSA) is 64.3 Å². The molecule has 0 aliphatic heterocycles. The van der Waals surface area contributed by atoms with Crippen LogP contribution in [-0.2, 0) is 9.53 Å². The van der Waals surface area contributed by atoms with Gasteiger partial charge in [0.2, 0.25) is 5.91 Å². The minimum absolute atomic E-state index is 0.0415. The van der Waals surface area contributed by atoms with Crippen molar-refractivity contribution >= 4 is 5.91 Å². The molecule has 0 aromatic rings. The summed E-state index contributed by atoms with van der Waals surface area (Å²) in [6.07, 6.45) is 2.21. The van der Waals surface area contributed by atoms with Crippen LogP contribution in [0.1, 0.15) is 40.5 Å².